The molecule has 0 amide bonds. The number of rotatable bonds is 6. The Morgan fingerprint density at radius 3 is 2.78 bits per heavy atom. The predicted octanol–water partition coefficient (Wildman–Crippen LogP) is 2.78. The first-order valence-electron chi connectivity index (χ1n) is 6.60. The number of halogens is 1. The molecule has 1 aromatic rings. The van der Waals surface area contributed by atoms with Gasteiger partial charge in [-0.05, 0) is 49.8 Å². The maximum absolute atomic E-state index is 5.64. The molecule has 4 heteroatoms. The van der Waals surface area contributed by atoms with Crippen molar-refractivity contribution in [3.63, 3.8) is 0 Å². The Morgan fingerprint density at radius 1 is 1.39 bits per heavy atom. The summed E-state index contributed by atoms with van der Waals surface area (Å²) in [6, 6.07) is 8.75. The molecule has 0 spiro atoms. The highest BCUT2D eigenvalue weighted by molar-refractivity contribution is 9.10. The second-order valence-electron chi connectivity index (χ2n) is 4.91. The van der Waals surface area contributed by atoms with Crippen LogP contribution in [0.4, 0.5) is 0 Å². The van der Waals surface area contributed by atoms with Crippen LogP contribution >= 0.6 is 15.9 Å². The Morgan fingerprint density at radius 2 is 2.17 bits per heavy atom. The van der Waals surface area contributed by atoms with Gasteiger partial charge in [0.05, 0.1) is 6.10 Å². The van der Waals surface area contributed by atoms with Crippen molar-refractivity contribution in [2.24, 2.45) is 5.84 Å². The lowest BCUT2D eigenvalue weighted by Crippen LogP contribution is -2.37. The van der Waals surface area contributed by atoms with Gasteiger partial charge in [0.15, 0.2) is 0 Å². The molecule has 3 nitrogen and oxygen atoms in total. The average Bonchev–Trinajstić information content (AvgIpc) is 2.90. The number of nitrogens with two attached hydrogens (primary N) is 1. The van der Waals surface area contributed by atoms with E-state index < -0.39 is 0 Å². The summed E-state index contributed by atoms with van der Waals surface area (Å²) < 4.78 is 6.75. The van der Waals surface area contributed by atoms with Crippen LogP contribution in [-0.2, 0) is 11.2 Å². The van der Waals surface area contributed by atoms with Gasteiger partial charge < -0.3 is 4.74 Å². The van der Waals surface area contributed by atoms with Gasteiger partial charge in [0.1, 0.15) is 0 Å². The maximum atomic E-state index is 5.64. The molecule has 1 heterocycles. The number of nitrogens with one attached hydrogen (secondary N) is 1. The summed E-state index contributed by atoms with van der Waals surface area (Å²) in [6.07, 6.45) is 6.00. The number of hydrogen-bond acceptors (Lipinski definition) is 3. The molecule has 0 bridgehead atoms. The summed E-state index contributed by atoms with van der Waals surface area (Å²) in [5.41, 5.74) is 4.24. The van der Waals surface area contributed by atoms with Crippen molar-refractivity contribution in [2.45, 2.75) is 44.2 Å². The summed E-state index contributed by atoms with van der Waals surface area (Å²) in [6.45, 7) is 0.929. The molecule has 0 saturated carbocycles. The van der Waals surface area contributed by atoms with Gasteiger partial charge in [0, 0.05) is 17.1 Å². The van der Waals surface area contributed by atoms with Crippen molar-refractivity contribution >= 4 is 15.9 Å². The average molecular weight is 313 g/mol. The van der Waals surface area contributed by atoms with Gasteiger partial charge in [0.25, 0.3) is 0 Å². The smallest absolute Gasteiger partial charge is 0.0576 e. The zero-order valence-electron chi connectivity index (χ0n) is 10.6. The second-order valence-corrected chi connectivity index (χ2v) is 5.82. The van der Waals surface area contributed by atoms with E-state index >= 15 is 0 Å². The van der Waals surface area contributed by atoms with Crippen molar-refractivity contribution < 1.29 is 4.74 Å². The Balaban J connectivity index is 1.79. The lowest BCUT2D eigenvalue weighted by atomic mass is 10.00. The highest BCUT2D eigenvalue weighted by Crippen LogP contribution is 2.19. The monoisotopic (exact) mass is 312 g/mol. The predicted molar refractivity (Wildman–Crippen MR) is 77.2 cm³/mol. The molecule has 2 rings (SSSR count). The van der Waals surface area contributed by atoms with Crippen molar-refractivity contribution in [1.29, 1.82) is 0 Å². The Hall–Kier alpha value is -0.420. The summed E-state index contributed by atoms with van der Waals surface area (Å²) in [7, 11) is 0. The van der Waals surface area contributed by atoms with Crippen LogP contribution in [0.25, 0.3) is 0 Å². The molecule has 100 valence electrons. The molecule has 2 unspecified atom stereocenters. The van der Waals surface area contributed by atoms with E-state index in [1.165, 1.54) is 18.4 Å². The largest absolute Gasteiger partial charge is 0.378 e. The summed E-state index contributed by atoms with van der Waals surface area (Å²) >= 11 is 3.45. The van der Waals surface area contributed by atoms with Gasteiger partial charge in [-0.2, -0.15) is 0 Å². The third-order valence-corrected chi connectivity index (χ3v) is 4.02. The van der Waals surface area contributed by atoms with E-state index in [2.05, 4.69) is 45.6 Å². The fourth-order valence-electron chi connectivity index (χ4n) is 2.41. The lowest BCUT2D eigenvalue weighted by molar-refractivity contribution is 0.0996. The zero-order chi connectivity index (χ0) is 12.8. The molecule has 2 atom stereocenters. The Bertz CT molecular complexity index is 349. The molecule has 1 fully saturated rings. The first-order chi connectivity index (χ1) is 8.78. The quantitative estimate of drug-likeness (QED) is 0.627. The fraction of sp³-hybridized carbons (Fsp3) is 0.571. The highest BCUT2D eigenvalue weighted by atomic mass is 79.9. The maximum Gasteiger partial charge on any atom is 0.0576 e. The van der Waals surface area contributed by atoms with Gasteiger partial charge in [0.2, 0.25) is 0 Å². The summed E-state index contributed by atoms with van der Waals surface area (Å²) in [5, 5.41) is 0. The minimum atomic E-state index is 0.329. The SMILES string of the molecule is NNC(CCC1CCCO1)Cc1ccc(Br)cc1. The van der Waals surface area contributed by atoms with E-state index in [0.717, 1.165) is 30.3 Å². The van der Waals surface area contributed by atoms with Crippen molar-refractivity contribution in [2.75, 3.05) is 6.61 Å². The van der Waals surface area contributed by atoms with Crippen LogP contribution in [0.3, 0.4) is 0 Å². The van der Waals surface area contributed by atoms with E-state index in [4.69, 9.17) is 10.6 Å². The summed E-state index contributed by atoms with van der Waals surface area (Å²) in [5.74, 6) is 5.64. The van der Waals surface area contributed by atoms with Gasteiger partial charge in [-0.25, -0.2) is 0 Å². The second kappa shape index (κ2) is 7.24. The Labute approximate surface area is 117 Å². The molecule has 18 heavy (non-hydrogen) atoms. The Kier molecular flexibility index (Phi) is 5.63. The van der Waals surface area contributed by atoms with E-state index in [9.17, 15) is 0 Å². The molecule has 1 aliphatic rings. The third-order valence-electron chi connectivity index (χ3n) is 3.49. The minimum absolute atomic E-state index is 0.329. The topological polar surface area (TPSA) is 47.3 Å². The van der Waals surface area contributed by atoms with E-state index in [-0.39, 0.29) is 0 Å². The minimum Gasteiger partial charge on any atom is -0.378 e. The molecule has 1 saturated heterocycles. The molecule has 0 aromatic heterocycles. The molecule has 1 aromatic carbocycles. The van der Waals surface area contributed by atoms with Gasteiger partial charge >= 0.3 is 0 Å². The first kappa shape index (κ1) is 14.0. The zero-order valence-corrected chi connectivity index (χ0v) is 12.2. The van der Waals surface area contributed by atoms with Gasteiger partial charge in [-0.1, -0.05) is 28.1 Å². The van der Waals surface area contributed by atoms with Crippen LogP contribution in [-0.4, -0.2) is 18.8 Å². The molecule has 3 N–H and O–H groups in total. The van der Waals surface area contributed by atoms with Crippen molar-refractivity contribution in [3.8, 4) is 0 Å². The van der Waals surface area contributed by atoms with Crippen LogP contribution in [0.5, 0.6) is 0 Å². The normalized spacial score (nSPS) is 21.1. The molecule has 0 aliphatic carbocycles. The van der Waals surface area contributed by atoms with E-state index in [1.54, 1.807) is 0 Å². The van der Waals surface area contributed by atoms with E-state index in [1.807, 2.05) is 0 Å². The first-order valence-corrected chi connectivity index (χ1v) is 7.39. The lowest BCUT2D eigenvalue weighted by Gasteiger charge is -2.18. The standard InChI is InChI=1S/C14H21BrN2O/c15-12-5-3-11(4-6-12)10-13(17-16)7-8-14-2-1-9-18-14/h3-6,13-14,17H,1-2,7-10,16H2. The van der Waals surface area contributed by atoms with Gasteiger partial charge in [-0.3, -0.25) is 11.3 Å². The van der Waals surface area contributed by atoms with Crippen LogP contribution in [0, 0.1) is 0 Å². The van der Waals surface area contributed by atoms with Crippen LogP contribution in [0.1, 0.15) is 31.2 Å². The van der Waals surface area contributed by atoms with Gasteiger partial charge in [-0.15, -0.1) is 0 Å². The fourth-order valence-corrected chi connectivity index (χ4v) is 2.67. The number of benzene rings is 1. The number of hydrogen-bond donors (Lipinski definition) is 2. The van der Waals surface area contributed by atoms with Crippen LogP contribution in [0.2, 0.25) is 0 Å². The van der Waals surface area contributed by atoms with E-state index in [0.29, 0.717) is 12.1 Å². The van der Waals surface area contributed by atoms with Crippen LogP contribution < -0.4 is 11.3 Å². The van der Waals surface area contributed by atoms with Crippen molar-refractivity contribution in [3.05, 3.63) is 34.3 Å². The number of hydrazine groups is 1. The molecule has 0 radical (unpaired) electrons. The summed E-state index contributed by atoms with van der Waals surface area (Å²) in [4.78, 5) is 0. The molecular weight excluding hydrogens is 292 g/mol. The molecular formula is C14H21BrN2O. The molecule has 1 aliphatic heterocycles. The number of ether oxygens (including phenoxy) is 1. The highest BCUT2D eigenvalue weighted by Gasteiger charge is 2.17. The third kappa shape index (κ3) is 4.35. The van der Waals surface area contributed by atoms with Crippen molar-refractivity contribution in [1.82, 2.24) is 5.43 Å². The van der Waals surface area contributed by atoms with Crippen LogP contribution in [0.15, 0.2) is 28.7 Å².